The highest BCUT2D eigenvalue weighted by atomic mass is 31.2. The summed E-state index contributed by atoms with van der Waals surface area (Å²) in [6.07, 6.45) is 0. The summed E-state index contributed by atoms with van der Waals surface area (Å²) in [5.74, 6) is -0.732. The van der Waals surface area contributed by atoms with Crippen LogP contribution in [0.2, 0.25) is 0 Å². The molecule has 0 saturated carbocycles. The quantitative estimate of drug-likeness (QED) is 0.351. The van der Waals surface area contributed by atoms with Gasteiger partial charge in [-0.15, -0.1) is 0 Å². The number of hydrogen-bond acceptors (Lipinski definition) is 8. The van der Waals surface area contributed by atoms with Gasteiger partial charge in [0.1, 0.15) is 6.54 Å². The molecule has 1 aromatic heterocycles. The van der Waals surface area contributed by atoms with Gasteiger partial charge < -0.3 is 18.8 Å². The number of anilines is 1. The summed E-state index contributed by atoms with van der Waals surface area (Å²) >= 11 is 0. The molecule has 1 N–H and O–H groups in total. The maximum Gasteiger partial charge on any atom is 0.385 e. The van der Waals surface area contributed by atoms with E-state index in [9.17, 15) is 14.2 Å². The smallest absolute Gasteiger partial charge is 0.385 e. The Morgan fingerprint density at radius 3 is 2.09 bits per heavy atom. The van der Waals surface area contributed by atoms with E-state index in [0.717, 1.165) is 10.5 Å². The Kier molecular flexibility index (Phi) is 6.74. The Morgan fingerprint density at radius 1 is 0.939 bits per heavy atom. The summed E-state index contributed by atoms with van der Waals surface area (Å²) in [4.78, 5) is 30.9. The van der Waals surface area contributed by atoms with Crippen LogP contribution in [0.5, 0.6) is 0 Å². The number of nitrogens with one attached hydrogen (secondary N) is 1. The highest BCUT2D eigenvalue weighted by Gasteiger charge is 2.39. The molecule has 9 nitrogen and oxygen atoms in total. The van der Waals surface area contributed by atoms with E-state index in [1.165, 1.54) is 0 Å². The van der Waals surface area contributed by atoms with Crippen LogP contribution >= 0.6 is 7.60 Å². The second-order valence-corrected chi connectivity index (χ2v) is 9.11. The number of hydrogen-bond donors (Lipinski definition) is 1. The van der Waals surface area contributed by atoms with E-state index in [1.807, 2.05) is 30.3 Å². The molecule has 172 valence electrons. The fourth-order valence-corrected chi connectivity index (χ4v) is 5.13. The van der Waals surface area contributed by atoms with Crippen LogP contribution in [0.4, 0.5) is 5.88 Å². The molecule has 0 atom stereocenters. The van der Waals surface area contributed by atoms with Gasteiger partial charge >= 0.3 is 7.60 Å². The van der Waals surface area contributed by atoms with Gasteiger partial charge in [-0.1, -0.05) is 42.5 Å². The van der Waals surface area contributed by atoms with Gasteiger partial charge in [-0.2, -0.15) is 0 Å². The lowest BCUT2D eigenvalue weighted by atomic mass is 10.1. The molecule has 0 bridgehead atoms. The number of oxazole rings is 1. The predicted octanol–water partition coefficient (Wildman–Crippen LogP) is 3.97. The van der Waals surface area contributed by atoms with Gasteiger partial charge in [-0.25, -0.2) is 4.98 Å². The number of carbonyl (C=O) groups is 2. The minimum absolute atomic E-state index is 0.0197. The van der Waals surface area contributed by atoms with Crippen molar-refractivity contribution >= 4 is 30.7 Å². The first-order valence-corrected chi connectivity index (χ1v) is 12.1. The second-order valence-electron chi connectivity index (χ2n) is 7.17. The maximum atomic E-state index is 13.5. The number of aromatic nitrogens is 1. The van der Waals surface area contributed by atoms with Crippen molar-refractivity contribution in [2.75, 3.05) is 18.5 Å². The Hall–Kier alpha value is -3.26. The number of fused-ring (bicyclic) bond motifs is 1. The largest absolute Gasteiger partial charge is 0.422 e. The van der Waals surface area contributed by atoms with E-state index >= 15 is 0 Å². The van der Waals surface area contributed by atoms with Gasteiger partial charge in [-0.05, 0) is 31.5 Å². The molecule has 3 aromatic rings. The zero-order valence-electron chi connectivity index (χ0n) is 18.3. The van der Waals surface area contributed by atoms with Crippen LogP contribution in [0.15, 0.2) is 59.0 Å². The van der Waals surface area contributed by atoms with E-state index in [4.69, 9.17) is 13.5 Å². The minimum Gasteiger partial charge on any atom is -0.422 e. The van der Waals surface area contributed by atoms with E-state index in [-0.39, 0.29) is 37.0 Å². The molecule has 2 amide bonds. The van der Waals surface area contributed by atoms with Crippen molar-refractivity contribution in [1.29, 1.82) is 0 Å². The monoisotopic (exact) mass is 469 g/mol. The van der Waals surface area contributed by atoms with Crippen molar-refractivity contribution in [3.8, 4) is 0 Å². The first-order valence-electron chi connectivity index (χ1n) is 10.6. The van der Waals surface area contributed by atoms with Gasteiger partial charge in [-0.3, -0.25) is 19.1 Å². The minimum atomic E-state index is -3.80. The highest BCUT2D eigenvalue weighted by molar-refractivity contribution is 7.62. The molecule has 0 unspecified atom stereocenters. The van der Waals surface area contributed by atoms with Crippen molar-refractivity contribution in [3.63, 3.8) is 0 Å². The van der Waals surface area contributed by atoms with Crippen LogP contribution in [-0.2, 0) is 26.7 Å². The third-order valence-electron chi connectivity index (χ3n) is 4.98. The summed E-state index contributed by atoms with van der Waals surface area (Å²) in [7, 11) is -3.80. The van der Waals surface area contributed by atoms with Gasteiger partial charge in [0.25, 0.3) is 11.8 Å². The average molecular weight is 469 g/mol. The summed E-state index contributed by atoms with van der Waals surface area (Å²) < 4.78 is 30.2. The van der Waals surface area contributed by atoms with Crippen LogP contribution in [0.3, 0.4) is 0 Å². The highest BCUT2D eigenvalue weighted by Crippen LogP contribution is 2.48. The first kappa shape index (κ1) is 22.9. The number of amides is 2. The maximum absolute atomic E-state index is 13.5. The van der Waals surface area contributed by atoms with Crippen molar-refractivity contribution in [2.45, 2.75) is 26.9 Å². The Bertz CT molecular complexity index is 1160. The van der Waals surface area contributed by atoms with Crippen molar-refractivity contribution in [3.05, 3.63) is 77.2 Å². The lowest BCUT2D eigenvalue weighted by molar-refractivity contribution is 0.0629. The molecular weight excluding hydrogens is 445 g/mol. The topological polar surface area (TPSA) is 111 Å². The zero-order chi connectivity index (χ0) is 23.4. The summed E-state index contributed by atoms with van der Waals surface area (Å²) in [5.41, 5.74) is 1.59. The number of benzene rings is 2. The molecule has 0 radical (unpaired) electrons. The van der Waals surface area contributed by atoms with Gasteiger partial charge in [0, 0.05) is 6.54 Å². The Morgan fingerprint density at radius 2 is 1.52 bits per heavy atom. The molecule has 1 aliphatic rings. The number of carbonyl (C=O) groups excluding carboxylic acids is 2. The SMILES string of the molecule is CCOP(=O)(OCC)c1nc(CN2C(=O)c3ccccc3C2=O)oc1NCc1ccccc1. The standard InChI is InChI=1S/C23H24N3O6P/c1-3-30-33(29,31-4-2)21-20(24-14-16-10-6-5-7-11-16)32-19(25-21)15-26-22(27)17-12-8-9-13-18(17)23(26)28/h5-13,24H,3-4,14-15H2,1-2H3. The molecule has 0 fully saturated rings. The Balaban J connectivity index is 1.65. The van der Waals surface area contributed by atoms with Crippen LogP contribution < -0.4 is 10.8 Å². The predicted molar refractivity (Wildman–Crippen MR) is 121 cm³/mol. The van der Waals surface area contributed by atoms with Gasteiger partial charge in [0.15, 0.2) is 0 Å². The van der Waals surface area contributed by atoms with E-state index in [0.29, 0.717) is 17.7 Å². The normalized spacial score (nSPS) is 13.5. The fraction of sp³-hybridized carbons (Fsp3) is 0.261. The molecule has 0 saturated heterocycles. The van der Waals surface area contributed by atoms with Crippen molar-refractivity contribution in [2.24, 2.45) is 0 Å². The summed E-state index contributed by atoms with van der Waals surface area (Å²) in [6, 6.07) is 16.1. The molecule has 10 heteroatoms. The summed E-state index contributed by atoms with van der Waals surface area (Å²) in [6.45, 7) is 3.81. The third-order valence-corrected chi connectivity index (χ3v) is 7.00. The fourth-order valence-electron chi connectivity index (χ4n) is 3.52. The van der Waals surface area contributed by atoms with Crippen LogP contribution in [0.1, 0.15) is 46.0 Å². The summed E-state index contributed by atoms with van der Waals surface area (Å²) in [5, 5.41) is 3.09. The molecule has 1 aliphatic heterocycles. The molecule has 4 rings (SSSR count). The van der Waals surface area contributed by atoms with Crippen LogP contribution in [0.25, 0.3) is 0 Å². The zero-order valence-corrected chi connectivity index (χ0v) is 19.2. The molecule has 2 aromatic carbocycles. The molecule has 0 aliphatic carbocycles. The number of imide groups is 1. The lowest BCUT2D eigenvalue weighted by Crippen LogP contribution is -2.29. The van der Waals surface area contributed by atoms with E-state index in [1.54, 1.807) is 38.1 Å². The average Bonchev–Trinajstić information content (AvgIpc) is 3.34. The molecule has 0 spiro atoms. The number of nitrogens with zero attached hydrogens (tertiary/aromatic N) is 2. The van der Waals surface area contributed by atoms with Crippen LogP contribution in [0, 0.1) is 0 Å². The van der Waals surface area contributed by atoms with Crippen LogP contribution in [-0.4, -0.2) is 34.9 Å². The van der Waals surface area contributed by atoms with E-state index in [2.05, 4.69) is 10.3 Å². The molecular formula is C23H24N3O6P. The number of rotatable bonds is 10. The second kappa shape index (κ2) is 9.70. The van der Waals surface area contributed by atoms with Gasteiger partial charge in [0.05, 0.1) is 24.3 Å². The Labute approximate surface area is 191 Å². The molecule has 2 heterocycles. The third kappa shape index (κ3) is 4.61. The van der Waals surface area contributed by atoms with Crippen molar-refractivity contribution < 1.29 is 27.6 Å². The molecule has 33 heavy (non-hydrogen) atoms. The first-order chi connectivity index (χ1) is 16.0. The van der Waals surface area contributed by atoms with E-state index < -0.39 is 19.4 Å². The van der Waals surface area contributed by atoms with Crippen molar-refractivity contribution in [1.82, 2.24) is 9.88 Å². The van der Waals surface area contributed by atoms with Gasteiger partial charge in [0.2, 0.25) is 17.2 Å². The lowest BCUT2D eigenvalue weighted by Gasteiger charge is -2.15.